The molecule has 0 fully saturated rings. The van der Waals surface area contributed by atoms with E-state index in [1.807, 2.05) is 11.3 Å². The smallest absolute Gasteiger partial charge is 0.135 e. The second-order valence-corrected chi connectivity index (χ2v) is 13.8. The van der Waals surface area contributed by atoms with Crippen molar-refractivity contribution in [2.75, 3.05) is 0 Å². The monoisotopic (exact) mass is 454 g/mol. The van der Waals surface area contributed by atoms with Gasteiger partial charge in [-0.25, -0.2) is 0 Å². The van der Waals surface area contributed by atoms with Crippen molar-refractivity contribution in [2.45, 2.75) is 6.92 Å². The number of hydrogen-bond acceptors (Lipinski definition) is 1. The fourth-order valence-electron chi connectivity index (χ4n) is 5.87. The third-order valence-electron chi connectivity index (χ3n) is 7.21. The number of rotatable bonds is 2. The predicted octanol–water partition coefficient (Wildman–Crippen LogP) is 5.72. The second-order valence-electron chi connectivity index (χ2n) is 8.99. The topological polar surface area (TPSA) is 0 Å². The van der Waals surface area contributed by atoms with E-state index in [-0.39, 0.29) is 0 Å². The molecule has 5 aromatic carbocycles. The molecule has 0 spiro atoms. The van der Waals surface area contributed by atoms with Crippen LogP contribution in [0.2, 0.25) is 0 Å². The molecule has 33 heavy (non-hydrogen) atoms. The normalized spacial score (nSPS) is 13.8. The Morgan fingerprint density at radius 1 is 0.576 bits per heavy atom. The van der Waals surface area contributed by atoms with E-state index < -0.39 is 8.07 Å². The van der Waals surface area contributed by atoms with Crippen molar-refractivity contribution in [2.24, 2.45) is 0 Å². The van der Waals surface area contributed by atoms with E-state index in [0.717, 1.165) is 0 Å². The summed E-state index contributed by atoms with van der Waals surface area (Å²) in [6.45, 7) is 2.22. The lowest BCUT2D eigenvalue weighted by Gasteiger charge is -2.31. The molecular formula is C31H22SSi. The van der Waals surface area contributed by atoms with Gasteiger partial charge in [-0.1, -0.05) is 115 Å². The molecular weight excluding hydrogens is 432 g/mol. The van der Waals surface area contributed by atoms with Crippen molar-refractivity contribution in [3.8, 4) is 11.1 Å². The molecule has 0 atom stereocenters. The molecule has 0 radical (unpaired) electrons. The molecule has 7 rings (SSSR count). The first kappa shape index (κ1) is 19.0. The number of thiophene rings is 1. The van der Waals surface area contributed by atoms with Gasteiger partial charge in [0.2, 0.25) is 0 Å². The van der Waals surface area contributed by atoms with Crippen LogP contribution in [-0.2, 0) is 0 Å². The highest BCUT2D eigenvalue weighted by Crippen LogP contribution is 2.42. The summed E-state index contributed by atoms with van der Waals surface area (Å²) in [7, 11) is -2.41. The van der Waals surface area contributed by atoms with Crippen molar-refractivity contribution in [3.05, 3.63) is 121 Å². The summed E-state index contributed by atoms with van der Waals surface area (Å²) in [6.07, 6.45) is 0. The molecule has 0 aliphatic carbocycles. The SMILES string of the molecule is Cc1ccc2c(c1)-c1c(ccc3c1sc1ccccc13)[Si]2(c1ccccc1)c1ccccc1. The summed E-state index contributed by atoms with van der Waals surface area (Å²) in [5, 5.41) is 8.71. The van der Waals surface area contributed by atoms with Crippen LogP contribution in [0.5, 0.6) is 0 Å². The first-order chi connectivity index (χ1) is 16.3. The Morgan fingerprint density at radius 2 is 1.21 bits per heavy atom. The van der Waals surface area contributed by atoms with E-state index in [4.69, 9.17) is 0 Å². The quantitative estimate of drug-likeness (QED) is 0.293. The summed E-state index contributed by atoms with van der Waals surface area (Å²) in [4.78, 5) is 0. The highest BCUT2D eigenvalue weighted by atomic mass is 32.1. The molecule has 1 aromatic heterocycles. The maximum Gasteiger partial charge on any atom is 0.180 e. The summed E-state index contributed by atoms with van der Waals surface area (Å²) >= 11 is 1.95. The lowest BCUT2D eigenvalue weighted by molar-refractivity contribution is 1.49. The zero-order valence-electron chi connectivity index (χ0n) is 18.4. The number of aryl methyl sites for hydroxylation is 1. The maximum atomic E-state index is 2.46. The average Bonchev–Trinajstić information content (AvgIpc) is 3.38. The summed E-state index contributed by atoms with van der Waals surface area (Å²) in [6, 6.07) is 43.4. The fourth-order valence-corrected chi connectivity index (χ4v) is 12.4. The van der Waals surface area contributed by atoms with Gasteiger partial charge in [0.1, 0.15) is 0 Å². The van der Waals surface area contributed by atoms with E-state index in [1.165, 1.54) is 57.6 Å². The van der Waals surface area contributed by atoms with Crippen LogP contribution in [0.15, 0.2) is 115 Å². The van der Waals surface area contributed by atoms with E-state index in [1.54, 1.807) is 0 Å². The van der Waals surface area contributed by atoms with Gasteiger partial charge in [0, 0.05) is 20.2 Å². The van der Waals surface area contributed by atoms with Gasteiger partial charge in [-0.15, -0.1) is 11.3 Å². The molecule has 0 N–H and O–H groups in total. The zero-order valence-corrected chi connectivity index (χ0v) is 20.2. The van der Waals surface area contributed by atoms with E-state index in [0.29, 0.717) is 0 Å². The van der Waals surface area contributed by atoms with E-state index in [9.17, 15) is 0 Å². The predicted molar refractivity (Wildman–Crippen MR) is 147 cm³/mol. The minimum Gasteiger partial charge on any atom is -0.135 e. The highest BCUT2D eigenvalue weighted by molar-refractivity contribution is 7.28. The Hall–Kier alpha value is -3.46. The van der Waals surface area contributed by atoms with Crippen LogP contribution in [0.1, 0.15) is 5.56 Å². The van der Waals surface area contributed by atoms with Crippen LogP contribution in [-0.4, -0.2) is 8.07 Å². The van der Waals surface area contributed by atoms with Gasteiger partial charge in [-0.2, -0.15) is 0 Å². The van der Waals surface area contributed by atoms with Gasteiger partial charge in [-0.05, 0) is 44.9 Å². The standard InChI is InChI=1S/C31H22SSi/c1-21-16-18-28-26(20-21)30-29(19-17-25-24-14-8-9-15-27(24)32-31(25)30)33(28,22-10-4-2-5-11-22)23-12-6-3-7-13-23/h2-20H,1H3. The lowest BCUT2D eigenvalue weighted by atomic mass is 10.0. The highest BCUT2D eigenvalue weighted by Gasteiger charge is 2.49. The minimum atomic E-state index is -2.41. The van der Waals surface area contributed by atoms with E-state index >= 15 is 0 Å². The second kappa shape index (κ2) is 7.02. The van der Waals surface area contributed by atoms with Gasteiger partial charge in [0.05, 0.1) is 0 Å². The first-order valence-electron chi connectivity index (χ1n) is 11.5. The van der Waals surface area contributed by atoms with Gasteiger partial charge < -0.3 is 0 Å². The van der Waals surface area contributed by atoms with Crippen LogP contribution in [0, 0.1) is 6.92 Å². The molecule has 2 heterocycles. The molecule has 2 heteroatoms. The summed E-state index contributed by atoms with van der Waals surface area (Å²) in [5.41, 5.74) is 4.22. The van der Waals surface area contributed by atoms with Gasteiger partial charge in [-0.3, -0.25) is 0 Å². The zero-order chi connectivity index (χ0) is 22.0. The number of hydrogen-bond donors (Lipinski definition) is 0. The molecule has 0 saturated heterocycles. The Kier molecular flexibility index (Phi) is 4.05. The van der Waals surface area contributed by atoms with Crippen LogP contribution in [0.4, 0.5) is 0 Å². The molecule has 1 aliphatic rings. The Morgan fingerprint density at radius 3 is 1.94 bits per heavy atom. The van der Waals surface area contributed by atoms with Crippen molar-refractivity contribution in [3.63, 3.8) is 0 Å². The van der Waals surface area contributed by atoms with Crippen molar-refractivity contribution >= 4 is 60.3 Å². The van der Waals surface area contributed by atoms with Crippen LogP contribution >= 0.6 is 11.3 Å². The minimum absolute atomic E-state index is 1.32. The van der Waals surface area contributed by atoms with Crippen molar-refractivity contribution in [1.29, 1.82) is 0 Å². The third-order valence-corrected chi connectivity index (χ3v) is 13.3. The summed E-state index contributed by atoms with van der Waals surface area (Å²) < 4.78 is 2.80. The van der Waals surface area contributed by atoms with Crippen LogP contribution in [0.25, 0.3) is 31.3 Å². The maximum absolute atomic E-state index is 2.46. The third kappa shape index (κ3) is 2.51. The Bertz CT molecular complexity index is 1620. The molecule has 0 unspecified atom stereocenters. The first-order valence-corrected chi connectivity index (χ1v) is 14.3. The lowest BCUT2D eigenvalue weighted by Crippen LogP contribution is -2.72. The molecule has 6 aromatic rings. The number of benzene rings is 5. The molecule has 156 valence electrons. The molecule has 0 bridgehead atoms. The molecule has 0 amide bonds. The van der Waals surface area contributed by atoms with Gasteiger partial charge in [0.15, 0.2) is 8.07 Å². The molecule has 1 aliphatic heterocycles. The van der Waals surface area contributed by atoms with Crippen LogP contribution < -0.4 is 20.7 Å². The van der Waals surface area contributed by atoms with Gasteiger partial charge in [0.25, 0.3) is 0 Å². The molecule has 0 saturated carbocycles. The van der Waals surface area contributed by atoms with Gasteiger partial charge >= 0.3 is 0 Å². The Balaban J connectivity index is 1.72. The number of fused-ring (bicyclic) bond motifs is 7. The summed E-state index contributed by atoms with van der Waals surface area (Å²) in [5.74, 6) is 0. The fraction of sp³-hybridized carbons (Fsp3) is 0.0323. The molecule has 0 nitrogen and oxygen atoms in total. The average molecular weight is 455 g/mol. The van der Waals surface area contributed by atoms with Crippen molar-refractivity contribution < 1.29 is 0 Å². The van der Waals surface area contributed by atoms with Crippen LogP contribution in [0.3, 0.4) is 0 Å². The van der Waals surface area contributed by atoms with Crippen molar-refractivity contribution in [1.82, 2.24) is 0 Å². The van der Waals surface area contributed by atoms with E-state index in [2.05, 4.69) is 122 Å². The Labute approximate surface area is 198 Å². The largest absolute Gasteiger partial charge is 0.180 e.